The van der Waals surface area contributed by atoms with Crippen LogP contribution >= 0.6 is 11.6 Å². The number of methoxy groups -OCH3 is 1. The largest absolute Gasteiger partial charge is 0.493 e. The third kappa shape index (κ3) is 4.30. The van der Waals surface area contributed by atoms with Gasteiger partial charge in [0.05, 0.1) is 22.9 Å². The first-order valence-electron chi connectivity index (χ1n) is 9.47. The van der Waals surface area contributed by atoms with Crippen LogP contribution in [0.5, 0.6) is 5.88 Å². The lowest BCUT2D eigenvalue weighted by atomic mass is 10.1. The molecule has 164 valence electrons. The maximum atomic E-state index is 12.9. The molecule has 3 rings (SSSR count). The van der Waals surface area contributed by atoms with Crippen LogP contribution in [0.25, 0.3) is 24.0 Å². The van der Waals surface area contributed by atoms with Crippen molar-refractivity contribution < 1.29 is 24.2 Å². The Labute approximate surface area is 187 Å². The summed E-state index contributed by atoms with van der Waals surface area (Å²) in [6.45, 7) is 3.61. The minimum absolute atomic E-state index is 0.0292. The van der Waals surface area contributed by atoms with E-state index in [2.05, 4.69) is 6.58 Å². The highest BCUT2D eigenvalue weighted by atomic mass is 35.5. The van der Waals surface area contributed by atoms with Crippen molar-refractivity contribution in [1.29, 1.82) is 5.26 Å². The molecule has 0 spiro atoms. The first kappa shape index (κ1) is 22.9. The Hall–Kier alpha value is -3.80. The summed E-state index contributed by atoms with van der Waals surface area (Å²) in [7, 11) is 1.25. The number of pyridine rings is 1. The summed E-state index contributed by atoms with van der Waals surface area (Å²) in [6.07, 6.45) is 1.64. The maximum Gasteiger partial charge on any atom is 0.339 e. The normalized spacial score (nSPS) is 11.4. The molecule has 0 bridgehead atoms. The van der Waals surface area contributed by atoms with Crippen LogP contribution in [-0.2, 0) is 11.3 Å². The molecule has 0 radical (unpaired) electrons. The lowest BCUT2D eigenvalue weighted by molar-refractivity contribution is 0.0601. The van der Waals surface area contributed by atoms with Crippen molar-refractivity contribution in [2.75, 3.05) is 13.7 Å². The molecule has 0 saturated heterocycles. The van der Waals surface area contributed by atoms with Crippen molar-refractivity contribution in [3.05, 3.63) is 73.0 Å². The molecule has 0 saturated carbocycles. The third-order valence-corrected chi connectivity index (χ3v) is 5.13. The number of hydrogen-bond donors (Lipinski definition) is 2. The summed E-state index contributed by atoms with van der Waals surface area (Å²) in [5, 5.41) is 29.1. The lowest BCUT2D eigenvalue weighted by Gasteiger charge is -2.09. The zero-order chi connectivity index (χ0) is 23.4. The number of ether oxygens (including phenoxy) is 1. The highest BCUT2D eigenvalue weighted by Gasteiger charge is 2.15. The molecule has 9 heteroatoms. The number of furan rings is 1. The monoisotopic (exact) mass is 454 g/mol. The molecular weight excluding hydrogens is 436 g/mol. The van der Waals surface area contributed by atoms with Gasteiger partial charge in [-0.3, -0.25) is 9.36 Å². The Kier molecular flexibility index (Phi) is 6.83. The zero-order valence-corrected chi connectivity index (χ0v) is 17.8. The molecule has 0 unspecified atom stereocenters. The van der Waals surface area contributed by atoms with Crippen molar-refractivity contribution in [3.8, 4) is 23.3 Å². The van der Waals surface area contributed by atoms with Gasteiger partial charge in [-0.2, -0.15) is 5.26 Å². The molecule has 0 aliphatic rings. The second-order valence-corrected chi connectivity index (χ2v) is 7.18. The summed E-state index contributed by atoms with van der Waals surface area (Å²) in [5.41, 5.74) is 0.0315. The second-order valence-electron chi connectivity index (χ2n) is 6.77. The smallest absolute Gasteiger partial charge is 0.339 e. The van der Waals surface area contributed by atoms with Gasteiger partial charge in [0.1, 0.15) is 23.2 Å². The quantitative estimate of drug-likeness (QED) is 0.543. The predicted octanol–water partition coefficient (Wildman–Crippen LogP) is 1.75. The van der Waals surface area contributed by atoms with Crippen molar-refractivity contribution in [2.24, 2.45) is 0 Å². The molecular formula is C23H19ClN2O6. The number of aromatic hydroxyl groups is 1. The van der Waals surface area contributed by atoms with Crippen molar-refractivity contribution in [1.82, 2.24) is 4.57 Å². The first-order chi connectivity index (χ1) is 15.3. The van der Waals surface area contributed by atoms with Gasteiger partial charge in [-0.1, -0.05) is 18.2 Å². The van der Waals surface area contributed by atoms with E-state index in [-0.39, 0.29) is 46.2 Å². The second kappa shape index (κ2) is 9.56. The average Bonchev–Trinajstić information content (AvgIpc) is 3.25. The molecule has 2 aromatic heterocycles. The summed E-state index contributed by atoms with van der Waals surface area (Å²) in [4.78, 5) is 24.8. The number of nitrogens with zero attached hydrogens (tertiary/aromatic N) is 2. The van der Waals surface area contributed by atoms with Crippen LogP contribution in [0, 0.1) is 11.3 Å². The number of carbonyl (C=O) groups excluding carboxylic acids is 1. The fourth-order valence-electron chi connectivity index (χ4n) is 3.15. The molecule has 0 atom stereocenters. The van der Waals surface area contributed by atoms with Gasteiger partial charge >= 0.3 is 5.97 Å². The molecule has 0 aliphatic heterocycles. The number of carbonyl (C=O) groups is 1. The molecule has 0 aliphatic carbocycles. The van der Waals surface area contributed by atoms with Gasteiger partial charge in [0, 0.05) is 23.9 Å². The fraction of sp³-hybridized carbons (Fsp3) is 0.174. The summed E-state index contributed by atoms with van der Waals surface area (Å²) < 4.78 is 11.5. The molecule has 2 heterocycles. The van der Waals surface area contributed by atoms with E-state index in [4.69, 9.17) is 25.9 Å². The number of nitriles is 1. The van der Waals surface area contributed by atoms with E-state index >= 15 is 0 Å². The third-order valence-electron chi connectivity index (χ3n) is 4.80. The van der Waals surface area contributed by atoms with Crippen LogP contribution in [0.4, 0.5) is 0 Å². The molecule has 8 nitrogen and oxygen atoms in total. The minimum Gasteiger partial charge on any atom is -0.493 e. The summed E-state index contributed by atoms with van der Waals surface area (Å²) >= 11 is 6.05. The SMILES string of the molecule is C=c1c(C#N)c(O)n(CCCO)c(=O)c1=Cc1ccc(-c2ccc(Cl)c(C(=O)OC)c2)o1. The van der Waals surface area contributed by atoms with Gasteiger partial charge in [0.2, 0.25) is 5.88 Å². The summed E-state index contributed by atoms with van der Waals surface area (Å²) in [5.74, 6) is -0.387. The van der Waals surface area contributed by atoms with E-state index < -0.39 is 17.4 Å². The van der Waals surface area contributed by atoms with Gasteiger partial charge in [-0.25, -0.2) is 4.79 Å². The molecule has 0 fully saturated rings. The minimum atomic E-state index is -0.589. The molecule has 0 amide bonds. The number of aliphatic hydroxyl groups excluding tert-OH is 1. The number of aromatic nitrogens is 1. The molecule has 32 heavy (non-hydrogen) atoms. The van der Waals surface area contributed by atoms with E-state index in [9.17, 15) is 20.0 Å². The topological polar surface area (TPSA) is 126 Å². The van der Waals surface area contributed by atoms with E-state index in [1.165, 1.54) is 19.3 Å². The maximum absolute atomic E-state index is 12.9. The number of rotatable bonds is 6. The predicted molar refractivity (Wildman–Crippen MR) is 118 cm³/mol. The van der Waals surface area contributed by atoms with Gasteiger partial charge in [0.25, 0.3) is 5.56 Å². The Bertz CT molecular complexity index is 1400. The number of aliphatic hydroxyl groups is 1. The molecule has 3 aromatic rings. The van der Waals surface area contributed by atoms with Crippen LogP contribution in [0.3, 0.4) is 0 Å². The van der Waals surface area contributed by atoms with Crippen LogP contribution in [-0.4, -0.2) is 34.5 Å². The Balaban J connectivity index is 2.13. The fourth-order valence-corrected chi connectivity index (χ4v) is 3.35. The van der Waals surface area contributed by atoms with E-state index in [1.807, 2.05) is 6.07 Å². The summed E-state index contributed by atoms with van der Waals surface area (Å²) in [6, 6.07) is 9.85. The zero-order valence-electron chi connectivity index (χ0n) is 17.1. The van der Waals surface area contributed by atoms with Crippen LogP contribution in [0.15, 0.2) is 39.5 Å². The Morgan fingerprint density at radius 2 is 2.12 bits per heavy atom. The number of hydrogen-bond acceptors (Lipinski definition) is 7. The average molecular weight is 455 g/mol. The van der Waals surface area contributed by atoms with Crippen LogP contribution < -0.4 is 16.0 Å². The van der Waals surface area contributed by atoms with Gasteiger partial charge in [0.15, 0.2) is 0 Å². The van der Waals surface area contributed by atoms with Gasteiger partial charge < -0.3 is 19.4 Å². The van der Waals surface area contributed by atoms with Crippen LogP contribution in [0.1, 0.15) is 28.1 Å². The molecule has 2 N–H and O–H groups in total. The highest BCUT2D eigenvalue weighted by molar-refractivity contribution is 6.33. The number of esters is 1. The Morgan fingerprint density at radius 3 is 2.78 bits per heavy atom. The van der Waals surface area contributed by atoms with Gasteiger partial charge in [-0.05, 0) is 42.8 Å². The molecule has 1 aromatic carbocycles. The van der Waals surface area contributed by atoms with Crippen molar-refractivity contribution >= 4 is 30.2 Å². The van der Waals surface area contributed by atoms with E-state index in [0.29, 0.717) is 17.1 Å². The van der Waals surface area contributed by atoms with E-state index in [0.717, 1.165) is 4.57 Å². The number of benzene rings is 1. The Morgan fingerprint density at radius 1 is 1.38 bits per heavy atom. The van der Waals surface area contributed by atoms with Gasteiger partial charge in [-0.15, -0.1) is 0 Å². The van der Waals surface area contributed by atoms with Crippen LogP contribution in [0.2, 0.25) is 5.02 Å². The highest BCUT2D eigenvalue weighted by Crippen LogP contribution is 2.27. The van der Waals surface area contributed by atoms with E-state index in [1.54, 1.807) is 24.3 Å². The number of halogens is 1. The lowest BCUT2D eigenvalue weighted by Crippen LogP contribution is -2.46. The van der Waals surface area contributed by atoms with Crippen molar-refractivity contribution in [3.63, 3.8) is 0 Å². The van der Waals surface area contributed by atoms with Crippen molar-refractivity contribution in [2.45, 2.75) is 13.0 Å². The first-order valence-corrected chi connectivity index (χ1v) is 9.85. The standard InChI is InChI=1S/C23H19ClN2O6/c1-13-16(21(28)26(8-3-9-27)22(29)18(13)12-25)11-15-5-7-20(32-15)14-4-6-19(24)17(10-14)23(30)31-2/h4-7,10-11,27,29H,1,3,8-9H2,2H3.